The predicted molar refractivity (Wildman–Crippen MR) is 54.4 cm³/mol. The SMILES string of the molecule is Cc1cc(SC(C)C)cnc1N. The molecule has 0 fully saturated rings. The number of nitrogens with two attached hydrogens (primary N) is 1. The van der Waals surface area contributed by atoms with E-state index < -0.39 is 0 Å². The molecule has 0 spiro atoms. The molecule has 1 heterocycles. The molecule has 0 atom stereocenters. The average Bonchev–Trinajstić information content (AvgIpc) is 1.96. The van der Waals surface area contributed by atoms with Crippen LogP contribution >= 0.6 is 11.8 Å². The summed E-state index contributed by atoms with van der Waals surface area (Å²) in [5.41, 5.74) is 6.66. The molecule has 0 bridgehead atoms. The lowest BCUT2D eigenvalue weighted by Crippen LogP contribution is -1.94. The molecule has 1 rings (SSSR count). The molecule has 0 aliphatic heterocycles. The zero-order valence-corrected chi connectivity index (χ0v) is 8.48. The Morgan fingerprint density at radius 2 is 2.17 bits per heavy atom. The van der Waals surface area contributed by atoms with Crippen molar-refractivity contribution < 1.29 is 0 Å². The van der Waals surface area contributed by atoms with E-state index >= 15 is 0 Å². The van der Waals surface area contributed by atoms with Crippen LogP contribution in [-0.2, 0) is 0 Å². The number of thioether (sulfide) groups is 1. The lowest BCUT2D eigenvalue weighted by molar-refractivity contribution is 1.10. The predicted octanol–water partition coefficient (Wildman–Crippen LogP) is 2.47. The van der Waals surface area contributed by atoms with Gasteiger partial charge in [0.25, 0.3) is 0 Å². The molecule has 1 aromatic rings. The first-order valence-corrected chi connectivity index (χ1v) is 4.86. The first-order chi connectivity index (χ1) is 5.59. The highest BCUT2D eigenvalue weighted by molar-refractivity contribution is 7.99. The number of hydrogen-bond acceptors (Lipinski definition) is 3. The minimum Gasteiger partial charge on any atom is -0.383 e. The van der Waals surface area contributed by atoms with Crippen LogP contribution in [-0.4, -0.2) is 10.2 Å². The molecule has 0 saturated carbocycles. The van der Waals surface area contributed by atoms with Gasteiger partial charge in [0.1, 0.15) is 5.82 Å². The van der Waals surface area contributed by atoms with E-state index in [0.29, 0.717) is 11.1 Å². The zero-order chi connectivity index (χ0) is 9.14. The quantitative estimate of drug-likeness (QED) is 0.714. The number of rotatable bonds is 2. The molecular weight excluding hydrogens is 168 g/mol. The number of nitrogen functional groups attached to an aromatic ring is 1. The van der Waals surface area contributed by atoms with Crippen molar-refractivity contribution in [2.24, 2.45) is 0 Å². The number of aromatic nitrogens is 1. The summed E-state index contributed by atoms with van der Waals surface area (Å²) in [6.07, 6.45) is 1.83. The zero-order valence-electron chi connectivity index (χ0n) is 7.66. The highest BCUT2D eigenvalue weighted by Crippen LogP contribution is 2.23. The van der Waals surface area contributed by atoms with Crippen LogP contribution in [0.3, 0.4) is 0 Å². The minimum atomic E-state index is 0.592. The van der Waals surface area contributed by atoms with Crippen LogP contribution in [0.25, 0.3) is 0 Å². The van der Waals surface area contributed by atoms with Crippen LogP contribution in [0.15, 0.2) is 17.2 Å². The summed E-state index contributed by atoms with van der Waals surface area (Å²) in [5.74, 6) is 0.628. The normalized spacial score (nSPS) is 10.7. The van der Waals surface area contributed by atoms with E-state index in [-0.39, 0.29) is 0 Å². The molecule has 2 nitrogen and oxygen atoms in total. The average molecular weight is 182 g/mol. The number of pyridine rings is 1. The molecule has 1 aromatic heterocycles. The first-order valence-electron chi connectivity index (χ1n) is 3.98. The monoisotopic (exact) mass is 182 g/mol. The van der Waals surface area contributed by atoms with E-state index in [9.17, 15) is 0 Å². The summed E-state index contributed by atoms with van der Waals surface area (Å²) in [6.45, 7) is 6.30. The van der Waals surface area contributed by atoms with Gasteiger partial charge in [-0.2, -0.15) is 0 Å². The van der Waals surface area contributed by atoms with Crippen molar-refractivity contribution in [1.82, 2.24) is 4.98 Å². The maximum Gasteiger partial charge on any atom is 0.126 e. The highest BCUT2D eigenvalue weighted by Gasteiger charge is 2.00. The van der Waals surface area contributed by atoms with Crippen molar-refractivity contribution in [1.29, 1.82) is 0 Å². The van der Waals surface area contributed by atoms with E-state index in [1.165, 1.54) is 4.90 Å². The summed E-state index contributed by atoms with van der Waals surface area (Å²) < 4.78 is 0. The van der Waals surface area contributed by atoms with Gasteiger partial charge in [-0.1, -0.05) is 13.8 Å². The fourth-order valence-electron chi connectivity index (χ4n) is 0.896. The van der Waals surface area contributed by atoms with Gasteiger partial charge in [-0.3, -0.25) is 0 Å². The van der Waals surface area contributed by atoms with E-state index in [1.54, 1.807) is 11.8 Å². The van der Waals surface area contributed by atoms with Gasteiger partial charge in [-0.15, -0.1) is 11.8 Å². The van der Waals surface area contributed by atoms with Gasteiger partial charge in [0.2, 0.25) is 0 Å². The van der Waals surface area contributed by atoms with E-state index in [0.717, 1.165) is 5.56 Å². The molecule has 0 aliphatic rings. The van der Waals surface area contributed by atoms with E-state index in [4.69, 9.17) is 5.73 Å². The standard InChI is InChI=1S/C9H14N2S/c1-6(2)12-8-4-7(3)9(10)11-5-8/h4-6H,1-3H3,(H2,10,11). The van der Waals surface area contributed by atoms with Gasteiger partial charge in [0, 0.05) is 16.3 Å². The van der Waals surface area contributed by atoms with E-state index in [1.807, 2.05) is 13.1 Å². The molecule has 0 aromatic carbocycles. The van der Waals surface area contributed by atoms with Gasteiger partial charge in [0.15, 0.2) is 0 Å². The molecule has 0 saturated heterocycles. The second-order valence-corrected chi connectivity index (χ2v) is 4.69. The topological polar surface area (TPSA) is 38.9 Å². The molecule has 0 aliphatic carbocycles. The number of hydrogen-bond donors (Lipinski definition) is 1. The second kappa shape index (κ2) is 3.81. The van der Waals surface area contributed by atoms with Crippen molar-refractivity contribution in [2.45, 2.75) is 30.9 Å². The molecule has 3 heteroatoms. The van der Waals surface area contributed by atoms with Crippen molar-refractivity contribution in [2.75, 3.05) is 5.73 Å². The molecule has 12 heavy (non-hydrogen) atoms. The largest absolute Gasteiger partial charge is 0.383 e. The van der Waals surface area contributed by atoms with Crippen LogP contribution in [0, 0.1) is 6.92 Å². The Hall–Kier alpha value is -0.700. The van der Waals surface area contributed by atoms with Gasteiger partial charge >= 0.3 is 0 Å². The lowest BCUT2D eigenvalue weighted by Gasteiger charge is -2.05. The van der Waals surface area contributed by atoms with Gasteiger partial charge in [-0.05, 0) is 18.6 Å². The Morgan fingerprint density at radius 1 is 1.50 bits per heavy atom. The minimum absolute atomic E-state index is 0.592. The molecule has 66 valence electrons. The van der Waals surface area contributed by atoms with Crippen LogP contribution in [0.1, 0.15) is 19.4 Å². The maximum absolute atomic E-state index is 5.60. The Kier molecular flexibility index (Phi) is 2.98. The second-order valence-electron chi connectivity index (χ2n) is 3.04. The van der Waals surface area contributed by atoms with Crippen LogP contribution in [0.2, 0.25) is 0 Å². The van der Waals surface area contributed by atoms with Crippen molar-refractivity contribution in [3.63, 3.8) is 0 Å². The molecule has 0 unspecified atom stereocenters. The Labute approximate surface area is 77.6 Å². The fourth-order valence-corrected chi connectivity index (χ4v) is 1.80. The summed E-state index contributed by atoms with van der Waals surface area (Å²) in [7, 11) is 0. The first kappa shape index (κ1) is 9.39. The fraction of sp³-hybridized carbons (Fsp3) is 0.444. The summed E-state index contributed by atoms with van der Waals surface area (Å²) in [6, 6.07) is 2.08. The summed E-state index contributed by atoms with van der Waals surface area (Å²) in [5, 5.41) is 0.592. The Balaban J connectivity index is 2.82. The smallest absolute Gasteiger partial charge is 0.126 e. The van der Waals surface area contributed by atoms with Gasteiger partial charge in [0.05, 0.1) is 0 Å². The molecule has 2 N–H and O–H groups in total. The summed E-state index contributed by atoms with van der Waals surface area (Å²) in [4.78, 5) is 5.28. The van der Waals surface area contributed by atoms with Gasteiger partial charge < -0.3 is 5.73 Å². The van der Waals surface area contributed by atoms with Crippen molar-refractivity contribution >= 4 is 17.6 Å². The summed E-state index contributed by atoms with van der Waals surface area (Å²) >= 11 is 1.80. The van der Waals surface area contributed by atoms with Crippen LogP contribution in [0.4, 0.5) is 5.82 Å². The van der Waals surface area contributed by atoms with Crippen molar-refractivity contribution in [3.05, 3.63) is 17.8 Å². The van der Waals surface area contributed by atoms with Crippen LogP contribution < -0.4 is 5.73 Å². The molecule has 0 amide bonds. The third kappa shape index (κ3) is 2.41. The Bertz CT molecular complexity index is 271. The Morgan fingerprint density at radius 3 is 2.67 bits per heavy atom. The lowest BCUT2D eigenvalue weighted by atomic mass is 10.3. The van der Waals surface area contributed by atoms with Crippen LogP contribution in [0.5, 0.6) is 0 Å². The number of nitrogens with zero attached hydrogens (tertiary/aromatic N) is 1. The van der Waals surface area contributed by atoms with E-state index in [2.05, 4.69) is 24.9 Å². The van der Waals surface area contributed by atoms with Gasteiger partial charge in [-0.25, -0.2) is 4.98 Å². The third-order valence-electron chi connectivity index (χ3n) is 1.47. The van der Waals surface area contributed by atoms with Crippen molar-refractivity contribution in [3.8, 4) is 0 Å². The highest BCUT2D eigenvalue weighted by atomic mass is 32.2. The number of aryl methyl sites for hydroxylation is 1. The molecular formula is C9H14N2S. The third-order valence-corrected chi connectivity index (χ3v) is 2.43. The number of anilines is 1. The molecule has 0 radical (unpaired) electrons. The maximum atomic E-state index is 5.60.